The molecule has 7 heavy (non-hydrogen) atoms. The molecule has 0 aliphatic carbocycles. The molecule has 0 aromatic carbocycles. The van der Waals surface area contributed by atoms with E-state index < -0.39 is 0 Å². The third-order valence-electron chi connectivity index (χ3n) is 0.582. The zero-order chi connectivity index (χ0) is 5.86. The number of nitrogens with two attached hydrogens (primary N) is 2. The minimum absolute atomic E-state index is 0.0556. The van der Waals surface area contributed by atoms with Crippen LogP contribution in [0.15, 0.2) is 5.16 Å². The van der Waals surface area contributed by atoms with E-state index in [1.807, 2.05) is 0 Å². The smallest absolute Gasteiger partial charge is 0.155 e. The first-order valence-electron chi connectivity index (χ1n) is 1.91. The molecule has 0 fully saturated rings. The lowest BCUT2D eigenvalue weighted by Gasteiger charge is -1.97. The summed E-state index contributed by atoms with van der Waals surface area (Å²) in [5, 5.41) is 10.5. The van der Waals surface area contributed by atoms with E-state index in [0.717, 1.165) is 0 Å². The fourth-order valence-electron chi connectivity index (χ4n) is 0.0911. The molecule has 0 rings (SSSR count). The highest BCUT2D eigenvalue weighted by Gasteiger charge is 1.95. The Balaban J connectivity index is 3.56. The van der Waals surface area contributed by atoms with Crippen molar-refractivity contribution in [2.45, 2.75) is 13.0 Å². The van der Waals surface area contributed by atoms with Crippen LogP contribution in [0.3, 0.4) is 0 Å². The molecule has 0 aromatic heterocycles. The van der Waals surface area contributed by atoms with Crippen LogP contribution in [-0.4, -0.2) is 17.1 Å². The number of hydrogen-bond acceptors (Lipinski definition) is 3. The Morgan fingerprint density at radius 3 is 2.29 bits per heavy atom. The number of oxime groups is 1. The topological polar surface area (TPSA) is 84.6 Å². The van der Waals surface area contributed by atoms with Crippen LogP contribution in [0.5, 0.6) is 0 Å². The van der Waals surface area contributed by atoms with Crippen molar-refractivity contribution in [2.75, 3.05) is 0 Å². The maximum atomic E-state index is 7.89. The highest BCUT2D eigenvalue weighted by molar-refractivity contribution is 5.84. The van der Waals surface area contributed by atoms with Crippen molar-refractivity contribution in [1.29, 1.82) is 0 Å². The summed E-state index contributed by atoms with van der Waals surface area (Å²) >= 11 is 0. The van der Waals surface area contributed by atoms with Gasteiger partial charge in [-0.2, -0.15) is 0 Å². The van der Waals surface area contributed by atoms with Gasteiger partial charge in [0.05, 0.1) is 6.04 Å². The molecule has 0 aliphatic rings. The van der Waals surface area contributed by atoms with Gasteiger partial charge in [-0.05, 0) is 6.92 Å². The van der Waals surface area contributed by atoms with E-state index in [0.29, 0.717) is 0 Å². The third-order valence-corrected chi connectivity index (χ3v) is 0.582. The van der Waals surface area contributed by atoms with Gasteiger partial charge in [-0.15, -0.1) is 0 Å². The van der Waals surface area contributed by atoms with E-state index in [2.05, 4.69) is 5.16 Å². The van der Waals surface area contributed by atoms with Gasteiger partial charge in [0.2, 0.25) is 0 Å². The number of hydrogen-bond donors (Lipinski definition) is 3. The number of amidine groups is 1. The fourth-order valence-corrected chi connectivity index (χ4v) is 0.0911. The largest absolute Gasteiger partial charge is 0.409 e. The van der Waals surface area contributed by atoms with Crippen LogP contribution in [0.4, 0.5) is 0 Å². The molecule has 0 saturated heterocycles. The van der Waals surface area contributed by atoms with Crippen LogP contribution in [0, 0.1) is 0 Å². The Morgan fingerprint density at radius 2 is 2.29 bits per heavy atom. The van der Waals surface area contributed by atoms with Crippen molar-refractivity contribution < 1.29 is 5.21 Å². The van der Waals surface area contributed by atoms with Crippen molar-refractivity contribution in [3.8, 4) is 0 Å². The molecule has 4 nitrogen and oxygen atoms in total. The van der Waals surface area contributed by atoms with E-state index >= 15 is 0 Å². The van der Waals surface area contributed by atoms with Gasteiger partial charge < -0.3 is 16.7 Å². The SMILES string of the molecule is CC(N)/C(N)=N\O. The van der Waals surface area contributed by atoms with E-state index in [1.165, 1.54) is 0 Å². The normalized spacial score (nSPS) is 16.6. The monoisotopic (exact) mass is 103 g/mol. The predicted octanol–water partition coefficient (Wildman–Crippen LogP) is -0.920. The Kier molecular flexibility index (Phi) is 2.15. The molecule has 1 unspecified atom stereocenters. The van der Waals surface area contributed by atoms with Gasteiger partial charge in [0, 0.05) is 0 Å². The van der Waals surface area contributed by atoms with Crippen molar-refractivity contribution in [3.63, 3.8) is 0 Å². The average Bonchev–Trinajstić information content (AvgIpc) is 1.65. The van der Waals surface area contributed by atoms with Crippen molar-refractivity contribution in [2.24, 2.45) is 16.6 Å². The van der Waals surface area contributed by atoms with Crippen LogP contribution in [0.1, 0.15) is 6.92 Å². The predicted molar refractivity (Wildman–Crippen MR) is 27.1 cm³/mol. The molecule has 0 saturated carbocycles. The summed E-state index contributed by atoms with van der Waals surface area (Å²) in [7, 11) is 0. The van der Waals surface area contributed by atoms with Gasteiger partial charge >= 0.3 is 0 Å². The minimum Gasteiger partial charge on any atom is -0.409 e. The molecule has 0 aromatic rings. The second kappa shape index (κ2) is 2.41. The number of rotatable bonds is 1. The van der Waals surface area contributed by atoms with Crippen molar-refractivity contribution >= 4 is 5.84 Å². The molecular weight excluding hydrogens is 94.1 g/mol. The molecule has 0 amide bonds. The molecule has 1 atom stereocenters. The summed E-state index contributed by atoms with van der Waals surface area (Å²) in [6, 6.07) is -0.356. The molecule has 0 bridgehead atoms. The first-order chi connectivity index (χ1) is 3.18. The Hall–Kier alpha value is -0.770. The quantitative estimate of drug-likeness (QED) is 0.174. The number of nitrogens with zero attached hydrogens (tertiary/aromatic N) is 1. The van der Waals surface area contributed by atoms with Gasteiger partial charge in [0.1, 0.15) is 0 Å². The lowest BCUT2D eigenvalue weighted by atomic mass is 10.3. The standard InChI is InChI=1S/C3H9N3O/c1-2(4)3(5)6-7/h2,7H,4H2,1H3,(H2,5,6). The summed E-state index contributed by atoms with van der Waals surface area (Å²) in [5.74, 6) is 0.0556. The first kappa shape index (κ1) is 6.23. The van der Waals surface area contributed by atoms with Gasteiger partial charge in [0.25, 0.3) is 0 Å². The molecule has 5 N–H and O–H groups in total. The third kappa shape index (κ3) is 1.99. The molecule has 0 radical (unpaired) electrons. The van der Waals surface area contributed by atoms with Crippen LogP contribution in [0.25, 0.3) is 0 Å². The first-order valence-corrected chi connectivity index (χ1v) is 1.91. The summed E-state index contributed by atoms with van der Waals surface area (Å²) in [4.78, 5) is 0. The molecule has 0 spiro atoms. The zero-order valence-electron chi connectivity index (χ0n) is 4.13. The van der Waals surface area contributed by atoms with Crippen LogP contribution in [-0.2, 0) is 0 Å². The molecular formula is C3H9N3O. The summed E-state index contributed by atoms with van der Waals surface area (Å²) in [6.45, 7) is 1.63. The van der Waals surface area contributed by atoms with Gasteiger partial charge in [-0.25, -0.2) is 0 Å². The summed E-state index contributed by atoms with van der Waals surface area (Å²) in [5.41, 5.74) is 10.1. The van der Waals surface area contributed by atoms with Gasteiger partial charge in [0.15, 0.2) is 5.84 Å². The second-order valence-electron chi connectivity index (χ2n) is 1.31. The fraction of sp³-hybridized carbons (Fsp3) is 0.667. The zero-order valence-corrected chi connectivity index (χ0v) is 4.13. The minimum atomic E-state index is -0.356. The van der Waals surface area contributed by atoms with Crippen LogP contribution >= 0.6 is 0 Å². The summed E-state index contributed by atoms with van der Waals surface area (Å²) < 4.78 is 0. The van der Waals surface area contributed by atoms with E-state index in [-0.39, 0.29) is 11.9 Å². The highest BCUT2D eigenvalue weighted by Crippen LogP contribution is 1.70. The lowest BCUT2D eigenvalue weighted by molar-refractivity contribution is 0.316. The Bertz CT molecular complexity index is 78.2. The van der Waals surface area contributed by atoms with E-state index in [1.54, 1.807) is 6.92 Å². The Morgan fingerprint density at radius 1 is 1.86 bits per heavy atom. The molecule has 4 heteroatoms. The molecule has 42 valence electrons. The average molecular weight is 103 g/mol. The van der Waals surface area contributed by atoms with Gasteiger partial charge in [-0.1, -0.05) is 5.16 Å². The van der Waals surface area contributed by atoms with Gasteiger partial charge in [-0.3, -0.25) is 0 Å². The van der Waals surface area contributed by atoms with Crippen LogP contribution < -0.4 is 11.5 Å². The maximum absolute atomic E-state index is 7.89. The summed E-state index contributed by atoms with van der Waals surface area (Å²) in [6.07, 6.45) is 0. The lowest BCUT2D eigenvalue weighted by Crippen LogP contribution is -2.33. The van der Waals surface area contributed by atoms with Crippen LogP contribution in [0.2, 0.25) is 0 Å². The van der Waals surface area contributed by atoms with E-state index in [9.17, 15) is 0 Å². The van der Waals surface area contributed by atoms with E-state index in [4.69, 9.17) is 16.7 Å². The Labute approximate surface area is 41.8 Å². The highest BCUT2D eigenvalue weighted by atomic mass is 16.4. The molecule has 0 heterocycles. The van der Waals surface area contributed by atoms with Crippen molar-refractivity contribution in [1.82, 2.24) is 0 Å². The second-order valence-corrected chi connectivity index (χ2v) is 1.31. The maximum Gasteiger partial charge on any atom is 0.155 e. The molecule has 0 aliphatic heterocycles. The van der Waals surface area contributed by atoms with Crippen molar-refractivity contribution in [3.05, 3.63) is 0 Å².